The molecule has 0 saturated carbocycles. The molecule has 0 aromatic heterocycles. The lowest BCUT2D eigenvalue weighted by atomic mass is 10.1. The maximum Gasteiger partial charge on any atom is 0.235 e. The first-order valence-electron chi connectivity index (χ1n) is 10.00. The van der Waals surface area contributed by atoms with Crippen molar-refractivity contribution in [2.75, 3.05) is 18.4 Å². The van der Waals surface area contributed by atoms with Gasteiger partial charge in [0.1, 0.15) is 0 Å². The molecule has 1 atom stereocenters. The number of carbonyl (C=O) groups excluding carboxylic acids is 2. The molecule has 0 radical (unpaired) electrons. The Labute approximate surface area is 176 Å². The van der Waals surface area contributed by atoms with Crippen molar-refractivity contribution in [3.05, 3.63) is 60.2 Å². The van der Waals surface area contributed by atoms with Crippen LogP contribution < -0.4 is 5.32 Å². The highest BCUT2D eigenvalue weighted by Gasteiger charge is 2.26. The second-order valence-corrected chi connectivity index (χ2v) is 8.70. The van der Waals surface area contributed by atoms with E-state index in [4.69, 9.17) is 4.74 Å². The fourth-order valence-corrected chi connectivity index (χ4v) is 4.31. The van der Waals surface area contributed by atoms with Crippen LogP contribution in [0.25, 0.3) is 0 Å². The Hall–Kier alpha value is -2.31. The lowest BCUT2D eigenvalue weighted by Crippen LogP contribution is -2.43. The van der Waals surface area contributed by atoms with Crippen molar-refractivity contribution in [3.63, 3.8) is 0 Å². The first-order valence-corrected chi connectivity index (χ1v) is 10.9. The molecule has 1 N–H and O–H groups in total. The van der Waals surface area contributed by atoms with Gasteiger partial charge in [-0.2, -0.15) is 0 Å². The van der Waals surface area contributed by atoms with E-state index >= 15 is 0 Å². The van der Waals surface area contributed by atoms with Gasteiger partial charge in [-0.1, -0.05) is 30.3 Å². The number of benzene rings is 2. The number of anilines is 1. The predicted octanol–water partition coefficient (Wildman–Crippen LogP) is 4.33. The summed E-state index contributed by atoms with van der Waals surface area (Å²) in [6, 6.07) is 17.8. The van der Waals surface area contributed by atoms with E-state index in [-0.39, 0.29) is 23.2 Å². The Bertz CT molecular complexity index is 803. The highest BCUT2D eigenvalue weighted by molar-refractivity contribution is 8.00. The van der Waals surface area contributed by atoms with Crippen LogP contribution in [0.15, 0.2) is 59.5 Å². The number of nitrogens with zero attached hydrogens (tertiary/aromatic N) is 1. The summed E-state index contributed by atoms with van der Waals surface area (Å²) in [5.74, 6) is 0.0764. The predicted molar refractivity (Wildman–Crippen MR) is 117 cm³/mol. The van der Waals surface area contributed by atoms with Crippen LogP contribution in [0.5, 0.6) is 0 Å². The smallest absolute Gasteiger partial charge is 0.235 e. The molecule has 2 aromatic carbocycles. The topological polar surface area (TPSA) is 58.6 Å². The number of nitrogens with one attached hydrogen (secondary N) is 1. The van der Waals surface area contributed by atoms with Gasteiger partial charge in [-0.25, -0.2) is 0 Å². The summed E-state index contributed by atoms with van der Waals surface area (Å²) in [6.07, 6.45) is 1.96. The van der Waals surface area contributed by atoms with Crippen molar-refractivity contribution in [3.8, 4) is 0 Å². The summed E-state index contributed by atoms with van der Waals surface area (Å²) < 4.78 is 6.02. The Balaban J connectivity index is 1.43. The minimum atomic E-state index is -0.150. The van der Waals surface area contributed by atoms with Crippen LogP contribution in [0.4, 0.5) is 5.69 Å². The third kappa shape index (κ3) is 6.61. The maximum atomic E-state index is 12.8. The first kappa shape index (κ1) is 21.4. The molecule has 2 aromatic rings. The van der Waals surface area contributed by atoms with Crippen LogP contribution in [0, 0.1) is 0 Å². The molecule has 1 aliphatic rings. The van der Waals surface area contributed by atoms with E-state index in [0.717, 1.165) is 36.5 Å². The Kier molecular flexibility index (Phi) is 7.72. The largest absolute Gasteiger partial charge is 0.373 e. The van der Waals surface area contributed by atoms with Gasteiger partial charge >= 0.3 is 0 Å². The number of likely N-dealkylation sites (tertiary alicyclic amines) is 1. The number of hydrogen-bond acceptors (Lipinski definition) is 4. The maximum absolute atomic E-state index is 12.8. The van der Waals surface area contributed by atoms with Gasteiger partial charge < -0.3 is 15.0 Å². The van der Waals surface area contributed by atoms with E-state index in [0.29, 0.717) is 6.61 Å². The molecule has 1 aliphatic heterocycles. The van der Waals surface area contributed by atoms with Crippen molar-refractivity contribution >= 4 is 29.3 Å². The van der Waals surface area contributed by atoms with Gasteiger partial charge in [0.25, 0.3) is 0 Å². The molecule has 2 amide bonds. The molecule has 1 unspecified atom stereocenters. The van der Waals surface area contributed by atoms with E-state index < -0.39 is 0 Å². The van der Waals surface area contributed by atoms with Crippen molar-refractivity contribution in [1.29, 1.82) is 0 Å². The van der Waals surface area contributed by atoms with Crippen molar-refractivity contribution in [2.24, 2.45) is 0 Å². The van der Waals surface area contributed by atoms with Crippen LogP contribution >= 0.6 is 11.8 Å². The van der Waals surface area contributed by atoms with Crippen molar-refractivity contribution in [1.82, 2.24) is 4.90 Å². The average Bonchev–Trinajstić information content (AvgIpc) is 2.74. The molecule has 0 spiro atoms. The molecule has 3 rings (SSSR count). The standard InChI is InChI=1S/C23H28N2O3S/c1-17(29-22-10-8-20(9-11-22)24-18(2)26)23(27)25-14-12-21(13-15-25)28-16-19-6-4-3-5-7-19/h3-11,17,21H,12-16H2,1-2H3,(H,24,26). The van der Waals surface area contributed by atoms with Gasteiger partial charge in [0.2, 0.25) is 11.8 Å². The summed E-state index contributed by atoms with van der Waals surface area (Å²) in [6.45, 7) is 5.54. The van der Waals surface area contributed by atoms with Gasteiger partial charge in [0.15, 0.2) is 0 Å². The molecule has 5 nitrogen and oxygen atoms in total. The second kappa shape index (κ2) is 10.5. The number of rotatable bonds is 7. The zero-order chi connectivity index (χ0) is 20.6. The third-order valence-corrected chi connectivity index (χ3v) is 6.02. The van der Waals surface area contributed by atoms with Gasteiger partial charge in [-0.05, 0) is 49.6 Å². The summed E-state index contributed by atoms with van der Waals surface area (Å²) in [7, 11) is 0. The molecular formula is C23H28N2O3S. The van der Waals surface area contributed by atoms with Crippen LogP contribution in [-0.4, -0.2) is 41.2 Å². The van der Waals surface area contributed by atoms with Crippen molar-refractivity contribution in [2.45, 2.75) is 49.5 Å². The summed E-state index contributed by atoms with van der Waals surface area (Å²) in [5, 5.41) is 2.60. The fraction of sp³-hybridized carbons (Fsp3) is 0.391. The Morgan fingerprint density at radius 2 is 1.76 bits per heavy atom. The molecular weight excluding hydrogens is 384 g/mol. The Morgan fingerprint density at radius 3 is 2.38 bits per heavy atom. The van der Waals surface area contributed by atoms with Gasteiger partial charge in [-0.3, -0.25) is 9.59 Å². The Morgan fingerprint density at radius 1 is 1.10 bits per heavy atom. The van der Waals surface area contributed by atoms with Gasteiger partial charge in [-0.15, -0.1) is 11.8 Å². The van der Waals surface area contributed by atoms with Gasteiger partial charge in [0, 0.05) is 30.6 Å². The van der Waals surface area contributed by atoms with Crippen LogP contribution in [0.2, 0.25) is 0 Å². The molecule has 1 fully saturated rings. The lowest BCUT2D eigenvalue weighted by molar-refractivity contribution is -0.133. The third-order valence-electron chi connectivity index (χ3n) is 4.92. The quantitative estimate of drug-likeness (QED) is 0.688. The minimum Gasteiger partial charge on any atom is -0.373 e. The highest BCUT2D eigenvalue weighted by Crippen LogP contribution is 2.27. The number of amides is 2. The fourth-order valence-electron chi connectivity index (χ4n) is 3.36. The molecule has 1 heterocycles. The van der Waals surface area contributed by atoms with E-state index in [9.17, 15) is 9.59 Å². The first-order chi connectivity index (χ1) is 14.0. The van der Waals surface area contributed by atoms with Crippen LogP contribution in [-0.2, 0) is 20.9 Å². The van der Waals surface area contributed by atoms with Crippen molar-refractivity contribution < 1.29 is 14.3 Å². The zero-order valence-corrected chi connectivity index (χ0v) is 17.8. The summed E-state index contributed by atoms with van der Waals surface area (Å²) in [4.78, 5) is 26.9. The van der Waals surface area contributed by atoms with E-state index in [1.165, 1.54) is 12.5 Å². The summed E-state index contributed by atoms with van der Waals surface area (Å²) >= 11 is 1.55. The molecule has 1 saturated heterocycles. The average molecular weight is 413 g/mol. The number of piperidine rings is 1. The molecule has 29 heavy (non-hydrogen) atoms. The molecule has 0 bridgehead atoms. The number of thioether (sulfide) groups is 1. The summed E-state index contributed by atoms with van der Waals surface area (Å²) in [5.41, 5.74) is 1.94. The molecule has 154 valence electrons. The van der Waals surface area contributed by atoms with Gasteiger partial charge in [0.05, 0.1) is 18.0 Å². The number of hydrogen-bond donors (Lipinski definition) is 1. The monoisotopic (exact) mass is 412 g/mol. The lowest BCUT2D eigenvalue weighted by Gasteiger charge is -2.33. The zero-order valence-electron chi connectivity index (χ0n) is 17.0. The minimum absolute atomic E-state index is 0.0925. The van der Waals surface area contributed by atoms with E-state index in [1.54, 1.807) is 11.8 Å². The second-order valence-electron chi connectivity index (χ2n) is 7.29. The highest BCUT2D eigenvalue weighted by atomic mass is 32.2. The van der Waals surface area contributed by atoms with E-state index in [1.807, 2.05) is 54.3 Å². The number of ether oxygens (including phenoxy) is 1. The SMILES string of the molecule is CC(=O)Nc1ccc(SC(C)C(=O)N2CCC(OCc3ccccc3)CC2)cc1. The number of carbonyl (C=O) groups is 2. The molecule has 6 heteroatoms. The van der Waals surface area contributed by atoms with E-state index in [2.05, 4.69) is 17.4 Å². The van der Waals surface area contributed by atoms with Crippen LogP contribution in [0.1, 0.15) is 32.3 Å². The molecule has 0 aliphatic carbocycles. The van der Waals surface area contributed by atoms with Crippen LogP contribution in [0.3, 0.4) is 0 Å². The normalized spacial score (nSPS) is 15.7.